The van der Waals surface area contributed by atoms with E-state index < -0.39 is 72.6 Å². The molecule has 180 valence electrons. The predicted molar refractivity (Wildman–Crippen MR) is 110 cm³/mol. The van der Waals surface area contributed by atoms with Gasteiger partial charge in [-0.25, -0.2) is 4.79 Å². The molecule has 4 atom stereocenters. The molecule has 1 fully saturated rings. The molecule has 0 aromatic rings. The number of nitrogens with zero attached hydrogens (tertiary/aromatic N) is 1. The van der Waals surface area contributed by atoms with Crippen molar-refractivity contribution < 1.29 is 39.0 Å². The van der Waals surface area contributed by atoms with Gasteiger partial charge in [-0.15, -0.1) is 0 Å². The molecule has 0 spiro atoms. The van der Waals surface area contributed by atoms with Crippen LogP contribution in [0.25, 0.3) is 0 Å². The zero-order valence-electron chi connectivity index (χ0n) is 18.1. The Balaban J connectivity index is 2.93. The number of primary amides is 1. The van der Waals surface area contributed by atoms with Crippen LogP contribution in [0.2, 0.25) is 0 Å². The maximum Gasteiger partial charge on any atom is 0.326 e. The van der Waals surface area contributed by atoms with Gasteiger partial charge in [-0.1, -0.05) is 13.8 Å². The Labute approximate surface area is 184 Å². The lowest BCUT2D eigenvalue weighted by Crippen LogP contribution is -2.57. The summed E-state index contributed by atoms with van der Waals surface area (Å²) in [6.45, 7) is 3.71. The largest absolute Gasteiger partial charge is 0.481 e. The first-order valence-corrected chi connectivity index (χ1v) is 10.2. The second-order valence-electron chi connectivity index (χ2n) is 8.15. The highest BCUT2D eigenvalue weighted by atomic mass is 16.4. The molecule has 1 aliphatic heterocycles. The Morgan fingerprint density at radius 3 is 2.16 bits per heavy atom. The molecule has 0 aromatic carbocycles. The van der Waals surface area contributed by atoms with Crippen LogP contribution in [0.15, 0.2) is 0 Å². The van der Waals surface area contributed by atoms with Crippen molar-refractivity contribution in [3.05, 3.63) is 0 Å². The molecule has 1 rings (SSSR count). The average Bonchev–Trinajstić information content (AvgIpc) is 3.14. The first-order valence-electron chi connectivity index (χ1n) is 10.2. The molecule has 0 aliphatic carbocycles. The van der Waals surface area contributed by atoms with E-state index in [-0.39, 0.29) is 25.3 Å². The van der Waals surface area contributed by atoms with Gasteiger partial charge in [0.05, 0.1) is 18.9 Å². The number of nitrogens with one attached hydrogen (secondary N) is 2. The van der Waals surface area contributed by atoms with E-state index in [1.165, 1.54) is 0 Å². The Morgan fingerprint density at radius 2 is 1.66 bits per heavy atom. The quantitative estimate of drug-likeness (QED) is 0.186. The van der Waals surface area contributed by atoms with Gasteiger partial charge in [-0.2, -0.15) is 0 Å². The van der Waals surface area contributed by atoms with E-state index >= 15 is 0 Å². The maximum absolute atomic E-state index is 12.8. The SMILES string of the molecule is CC(C)CC(NC(=O)C(CC(N)=O)NC(=O)C1CCCN1C(=O)C(N)CC(=O)O)C(=O)O. The van der Waals surface area contributed by atoms with Crippen LogP contribution in [0, 0.1) is 5.92 Å². The summed E-state index contributed by atoms with van der Waals surface area (Å²) in [4.78, 5) is 72.6. The molecule has 1 saturated heterocycles. The molecule has 0 saturated carbocycles. The number of amides is 4. The van der Waals surface area contributed by atoms with Crippen molar-refractivity contribution >= 4 is 35.6 Å². The predicted octanol–water partition coefficient (Wildman–Crippen LogP) is -2.24. The minimum Gasteiger partial charge on any atom is -0.481 e. The van der Waals surface area contributed by atoms with Crippen LogP contribution in [0.3, 0.4) is 0 Å². The average molecular weight is 457 g/mol. The number of carbonyl (C=O) groups is 6. The molecule has 0 bridgehead atoms. The Bertz CT molecular complexity index is 756. The van der Waals surface area contributed by atoms with E-state index in [1.54, 1.807) is 13.8 Å². The van der Waals surface area contributed by atoms with Gasteiger partial charge in [0.15, 0.2) is 0 Å². The summed E-state index contributed by atoms with van der Waals surface area (Å²) in [5, 5.41) is 22.8. The Hall–Kier alpha value is -3.22. The molecule has 4 amide bonds. The van der Waals surface area contributed by atoms with E-state index in [1.807, 2.05) is 0 Å². The van der Waals surface area contributed by atoms with E-state index in [4.69, 9.17) is 16.6 Å². The van der Waals surface area contributed by atoms with Gasteiger partial charge in [-0.3, -0.25) is 24.0 Å². The minimum absolute atomic E-state index is 0.0475. The van der Waals surface area contributed by atoms with Crippen molar-refractivity contribution in [1.82, 2.24) is 15.5 Å². The monoisotopic (exact) mass is 457 g/mol. The van der Waals surface area contributed by atoms with Crippen molar-refractivity contribution in [2.75, 3.05) is 6.54 Å². The number of carbonyl (C=O) groups excluding carboxylic acids is 4. The number of carboxylic acids is 2. The van der Waals surface area contributed by atoms with E-state index in [2.05, 4.69) is 10.6 Å². The minimum atomic E-state index is -1.45. The van der Waals surface area contributed by atoms with Gasteiger partial charge >= 0.3 is 11.9 Å². The smallest absolute Gasteiger partial charge is 0.326 e. The van der Waals surface area contributed by atoms with Crippen LogP contribution in [0.4, 0.5) is 0 Å². The molecule has 0 aromatic heterocycles. The lowest BCUT2D eigenvalue weighted by Gasteiger charge is -2.28. The van der Waals surface area contributed by atoms with Crippen LogP contribution in [0.5, 0.6) is 0 Å². The summed E-state index contributed by atoms with van der Waals surface area (Å²) < 4.78 is 0. The number of likely N-dealkylation sites (tertiary alicyclic amines) is 1. The highest BCUT2D eigenvalue weighted by Gasteiger charge is 2.38. The Kier molecular flexibility index (Phi) is 10.0. The van der Waals surface area contributed by atoms with E-state index in [0.717, 1.165) is 4.90 Å². The number of aliphatic carboxylic acids is 2. The van der Waals surface area contributed by atoms with E-state index in [9.17, 15) is 33.9 Å². The molecule has 1 heterocycles. The van der Waals surface area contributed by atoms with Gasteiger partial charge in [0.1, 0.15) is 18.1 Å². The molecular formula is C19H31N5O8. The van der Waals surface area contributed by atoms with Crippen molar-refractivity contribution in [3.63, 3.8) is 0 Å². The molecule has 0 radical (unpaired) electrons. The van der Waals surface area contributed by atoms with Crippen molar-refractivity contribution in [3.8, 4) is 0 Å². The van der Waals surface area contributed by atoms with Crippen LogP contribution in [-0.4, -0.2) is 81.4 Å². The third-order valence-corrected chi connectivity index (χ3v) is 4.91. The summed E-state index contributed by atoms with van der Waals surface area (Å²) in [6, 6.07) is -5.03. The van der Waals surface area contributed by atoms with Gasteiger partial charge in [0, 0.05) is 6.54 Å². The van der Waals surface area contributed by atoms with Gasteiger partial charge < -0.3 is 37.2 Å². The highest BCUT2D eigenvalue weighted by molar-refractivity contribution is 5.96. The number of hydrogen-bond acceptors (Lipinski definition) is 7. The summed E-state index contributed by atoms with van der Waals surface area (Å²) in [6.07, 6.45) is -0.364. The summed E-state index contributed by atoms with van der Waals surface area (Å²) in [5.74, 6) is -5.85. The summed E-state index contributed by atoms with van der Waals surface area (Å²) in [7, 11) is 0. The van der Waals surface area contributed by atoms with Crippen LogP contribution in [-0.2, 0) is 28.8 Å². The normalized spacial score (nSPS) is 18.5. The van der Waals surface area contributed by atoms with Gasteiger partial charge in [0.25, 0.3) is 0 Å². The second kappa shape index (κ2) is 12.0. The van der Waals surface area contributed by atoms with E-state index in [0.29, 0.717) is 6.42 Å². The third kappa shape index (κ3) is 8.13. The van der Waals surface area contributed by atoms with Crippen molar-refractivity contribution in [2.24, 2.45) is 17.4 Å². The molecule has 4 unspecified atom stereocenters. The molecule has 32 heavy (non-hydrogen) atoms. The van der Waals surface area contributed by atoms with Gasteiger partial charge in [0.2, 0.25) is 23.6 Å². The van der Waals surface area contributed by atoms with Crippen LogP contribution in [0.1, 0.15) is 46.0 Å². The summed E-state index contributed by atoms with van der Waals surface area (Å²) >= 11 is 0. The molecular weight excluding hydrogens is 426 g/mol. The topological polar surface area (TPSA) is 222 Å². The molecule has 13 heteroatoms. The first kappa shape index (κ1) is 26.8. The fourth-order valence-electron chi connectivity index (χ4n) is 3.44. The van der Waals surface area contributed by atoms with Crippen LogP contribution >= 0.6 is 0 Å². The first-order chi connectivity index (χ1) is 14.8. The molecule has 1 aliphatic rings. The van der Waals surface area contributed by atoms with Crippen molar-refractivity contribution in [1.29, 1.82) is 0 Å². The number of rotatable bonds is 12. The lowest BCUT2D eigenvalue weighted by atomic mass is 10.0. The van der Waals surface area contributed by atoms with Crippen molar-refractivity contribution in [2.45, 2.75) is 70.1 Å². The highest BCUT2D eigenvalue weighted by Crippen LogP contribution is 2.19. The lowest BCUT2D eigenvalue weighted by molar-refractivity contribution is -0.144. The Morgan fingerprint density at radius 1 is 1.03 bits per heavy atom. The van der Waals surface area contributed by atoms with Crippen LogP contribution < -0.4 is 22.1 Å². The zero-order valence-corrected chi connectivity index (χ0v) is 18.1. The maximum atomic E-state index is 12.8. The number of carboxylic acid groups (broad SMARTS) is 2. The number of hydrogen-bond donors (Lipinski definition) is 6. The second-order valence-corrected chi connectivity index (χ2v) is 8.15. The van der Waals surface area contributed by atoms with Gasteiger partial charge in [-0.05, 0) is 25.2 Å². The fourth-order valence-corrected chi connectivity index (χ4v) is 3.44. The number of nitrogens with two attached hydrogens (primary N) is 2. The summed E-state index contributed by atoms with van der Waals surface area (Å²) in [5.41, 5.74) is 10.8. The standard InChI is InChI=1S/C19H31N5O8/c1-9(2)6-12(19(31)32)23-16(28)11(8-14(21)25)22-17(29)13-4-3-5-24(13)18(30)10(20)7-15(26)27/h9-13H,3-8,20H2,1-2H3,(H2,21,25)(H,22,29)(H,23,28)(H,26,27)(H,31,32). The molecule has 8 N–H and O–H groups in total. The third-order valence-electron chi connectivity index (χ3n) is 4.91. The zero-order chi connectivity index (χ0) is 24.6. The molecule has 13 nitrogen and oxygen atoms in total. The fraction of sp³-hybridized carbons (Fsp3) is 0.684.